The Hall–Kier alpha value is -2.31. The third-order valence-corrected chi connectivity index (χ3v) is 4.58. The zero-order valence-electron chi connectivity index (χ0n) is 12.9. The summed E-state index contributed by atoms with van der Waals surface area (Å²) in [5, 5.41) is 9.16. The second-order valence-corrected chi connectivity index (χ2v) is 6.14. The minimum absolute atomic E-state index is 0.367. The van der Waals surface area contributed by atoms with Crippen molar-refractivity contribution in [2.45, 2.75) is 18.3 Å². The normalized spacial score (nSPS) is 16.9. The van der Waals surface area contributed by atoms with Gasteiger partial charge in [-0.15, -0.1) is 10.2 Å². The van der Waals surface area contributed by atoms with Crippen LogP contribution in [0.25, 0.3) is 11.6 Å². The number of benzene rings is 1. The lowest BCUT2D eigenvalue weighted by Crippen LogP contribution is -2.35. The molecule has 6 nitrogen and oxygen atoms in total. The first-order chi connectivity index (χ1) is 11.8. The van der Waals surface area contributed by atoms with Gasteiger partial charge in [0.1, 0.15) is 5.69 Å². The second-order valence-electron chi connectivity index (χ2n) is 5.71. The van der Waals surface area contributed by atoms with Gasteiger partial charge in [0.25, 0.3) is 5.89 Å². The number of halogens is 1. The van der Waals surface area contributed by atoms with E-state index in [1.54, 1.807) is 18.6 Å². The van der Waals surface area contributed by atoms with E-state index in [2.05, 4.69) is 20.2 Å². The molecule has 0 spiro atoms. The Morgan fingerprint density at radius 3 is 2.71 bits per heavy atom. The summed E-state index contributed by atoms with van der Waals surface area (Å²) in [5.74, 6) is 0.930. The van der Waals surface area contributed by atoms with Gasteiger partial charge < -0.3 is 9.15 Å². The van der Waals surface area contributed by atoms with E-state index < -0.39 is 5.41 Å². The lowest BCUT2D eigenvalue weighted by Gasteiger charge is -2.34. The van der Waals surface area contributed by atoms with Gasteiger partial charge in [-0.25, -0.2) is 4.98 Å². The molecule has 3 aromatic rings. The van der Waals surface area contributed by atoms with Crippen LogP contribution in [0, 0.1) is 0 Å². The molecule has 0 aliphatic carbocycles. The molecule has 1 aliphatic heterocycles. The van der Waals surface area contributed by atoms with Crippen molar-refractivity contribution in [3.05, 3.63) is 59.3 Å². The lowest BCUT2D eigenvalue weighted by atomic mass is 9.74. The van der Waals surface area contributed by atoms with E-state index in [0.29, 0.717) is 35.7 Å². The molecule has 1 aromatic carbocycles. The highest BCUT2D eigenvalue weighted by Gasteiger charge is 2.41. The number of nitrogens with zero attached hydrogens (tertiary/aromatic N) is 4. The molecule has 122 valence electrons. The van der Waals surface area contributed by atoms with Crippen LogP contribution < -0.4 is 0 Å². The highest BCUT2D eigenvalue weighted by Crippen LogP contribution is 2.41. The van der Waals surface area contributed by atoms with E-state index in [0.717, 1.165) is 18.4 Å². The van der Waals surface area contributed by atoms with E-state index in [9.17, 15) is 0 Å². The topological polar surface area (TPSA) is 73.9 Å². The quantitative estimate of drug-likeness (QED) is 0.727. The van der Waals surface area contributed by atoms with Crippen LogP contribution in [0.3, 0.4) is 0 Å². The summed E-state index contributed by atoms with van der Waals surface area (Å²) in [4.78, 5) is 8.25. The molecule has 0 radical (unpaired) electrons. The third-order valence-electron chi connectivity index (χ3n) is 4.34. The summed E-state index contributed by atoms with van der Waals surface area (Å²) < 4.78 is 11.5. The maximum absolute atomic E-state index is 6.20. The van der Waals surface area contributed by atoms with Crippen molar-refractivity contribution < 1.29 is 9.15 Å². The molecule has 0 unspecified atom stereocenters. The molecule has 7 heteroatoms. The smallest absolute Gasteiger partial charge is 0.267 e. The molecule has 1 fully saturated rings. The molecule has 0 atom stereocenters. The molecular weight excluding hydrogens is 328 g/mol. The Kier molecular flexibility index (Phi) is 4.00. The Balaban J connectivity index is 1.79. The van der Waals surface area contributed by atoms with Crippen molar-refractivity contribution >= 4 is 11.6 Å². The summed E-state index contributed by atoms with van der Waals surface area (Å²) in [5.41, 5.74) is 1.23. The molecule has 0 saturated carbocycles. The zero-order valence-corrected chi connectivity index (χ0v) is 13.6. The van der Waals surface area contributed by atoms with Crippen molar-refractivity contribution in [1.29, 1.82) is 0 Å². The van der Waals surface area contributed by atoms with E-state index in [1.165, 1.54) is 0 Å². The molecule has 2 aromatic heterocycles. The van der Waals surface area contributed by atoms with Gasteiger partial charge in [-0.3, -0.25) is 4.98 Å². The largest absolute Gasteiger partial charge is 0.418 e. The number of ether oxygens (including phenoxy) is 1. The maximum Gasteiger partial charge on any atom is 0.267 e. The minimum Gasteiger partial charge on any atom is -0.418 e. The molecule has 1 aliphatic rings. The van der Waals surface area contributed by atoms with E-state index in [4.69, 9.17) is 20.8 Å². The van der Waals surface area contributed by atoms with Gasteiger partial charge >= 0.3 is 0 Å². The minimum atomic E-state index is -0.392. The SMILES string of the molecule is Clc1cccc(C2(c3nnc(-c4cnccn4)o3)CCOCC2)c1. The standard InChI is InChI=1S/C17H15ClN4O2/c18-13-3-1-2-12(10-13)17(4-8-23-9-5-17)16-22-21-15(24-16)14-11-19-6-7-20-14/h1-3,6-7,10-11H,4-5,8-9H2. The summed E-state index contributed by atoms with van der Waals surface area (Å²) in [6, 6.07) is 7.80. The number of hydrogen-bond donors (Lipinski definition) is 0. The number of aromatic nitrogens is 4. The van der Waals surface area contributed by atoms with Crippen molar-refractivity contribution in [2.24, 2.45) is 0 Å². The van der Waals surface area contributed by atoms with Crippen LogP contribution >= 0.6 is 11.6 Å². The molecule has 24 heavy (non-hydrogen) atoms. The van der Waals surface area contributed by atoms with Gasteiger partial charge in [0.2, 0.25) is 5.89 Å². The van der Waals surface area contributed by atoms with Gasteiger partial charge in [0.05, 0.1) is 11.6 Å². The summed E-state index contributed by atoms with van der Waals surface area (Å²) in [7, 11) is 0. The Labute approximate surface area is 143 Å². The number of rotatable bonds is 3. The summed E-state index contributed by atoms with van der Waals surface area (Å²) in [6.07, 6.45) is 6.32. The van der Waals surface area contributed by atoms with Crippen LogP contribution in [0.4, 0.5) is 0 Å². The predicted molar refractivity (Wildman–Crippen MR) is 87.6 cm³/mol. The second kappa shape index (κ2) is 6.30. The lowest BCUT2D eigenvalue weighted by molar-refractivity contribution is 0.0546. The first-order valence-corrected chi connectivity index (χ1v) is 8.10. The predicted octanol–water partition coefficient (Wildman–Crippen LogP) is 3.28. The van der Waals surface area contributed by atoms with Crippen LogP contribution in [0.2, 0.25) is 5.02 Å². The summed E-state index contributed by atoms with van der Waals surface area (Å²) >= 11 is 6.20. The third kappa shape index (κ3) is 2.68. The average Bonchev–Trinajstić information content (AvgIpc) is 3.14. The van der Waals surface area contributed by atoms with Crippen LogP contribution in [-0.4, -0.2) is 33.4 Å². The summed E-state index contributed by atoms with van der Waals surface area (Å²) in [6.45, 7) is 1.27. The molecule has 4 rings (SSSR count). The van der Waals surface area contributed by atoms with Gasteiger partial charge in [-0.1, -0.05) is 23.7 Å². The first kappa shape index (κ1) is 15.2. The van der Waals surface area contributed by atoms with Crippen LogP contribution in [0.15, 0.2) is 47.3 Å². The zero-order chi connectivity index (χ0) is 16.4. The fourth-order valence-electron chi connectivity index (χ4n) is 3.06. The maximum atomic E-state index is 6.20. The Morgan fingerprint density at radius 1 is 1.08 bits per heavy atom. The van der Waals surface area contributed by atoms with Crippen molar-refractivity contribution in [2.75, 3.05) is 13.2 Å². The first-order valence-electron chi connectivity index (χ1n) is 7.72. The van der Waals surface area contributed by atoms with Crippen LogP contribution in [0.1, 0.15) is 24.3 Å². The van der Waals surface area contributed by atoms with Crippen molar-refractivity contribution in [3.63, 3.8) is 0 Å². The van der Waals surface area contributed by atoms with Crippen LogP contribution in [-0.2, 0) is 10.2 Å². The van der Waals surface area contributed by atoms with Crippen molar-refractivity contribution in [3.8, 4) is 11.6 Å². The molecule has 3 heterocycles. The fourth-order valence-corrected chi connectivity index (χ4v) is 3.25. The Morgan fingerprint density at radius 2 is 1.96 bits per heavy atom. The fraction of sp³-hybridized carbons (Fsp3) is 0.294. The van der Waals surface area contributed by atoms with E-state index in [1.807, 2.05) is 24.3 Å². The average molecular weight is 343 g/mol. The highest BCUT2D eigenvalue weighted by molar-refractivity contribution is 6.30. The monoisotopic (exact) mass is 342 g/mol. The van der Waals surface area contributed by atoms with Gasteiger partial charge in [-0.2, -0.15) is 0 Å². The highest BCUT2D eigenvalue weighted by atomic mass is 35.5. The van der Waals surface area contributed by atoms with Gasteiger partial charge in [-0.05, 0) is 30.5 Å². The van der Waals surface area contributed by atoms with E-state index in [-0.39, 0.29) is 0 Å². The number of hydrogen-bond acceptors (Lipinski definition) is 6. The van der Waals surface area contributed by atoms with Crippen LogP contribution in [0.5, 0.6) is 0 Å². The Bertz CT molecular complexity index is 831. The molecule has 0 amide bonds. The van der Waals surface area contributed by atoms with Gasteiger partial charge in [0, 0.05) is 30.6 Å². The van der Waals surface area contributed by atoms with Gasteiger partial charge in [0.15, 0.2) is 0 Å². The van der Waals surface area contributed by atoms with E-state index >= 15 is 0 Å². The molecule has 1 saturated heterocycles. The molecule has 0 bridgehead atoms. The van der Waals surface area contributed by atoms with Crippen molar-refractivity contribution in [1.82, 2.24) is 20.2 Å². The molecular formula is C17H15ClN4O2. The molecule has 0 N–H and O–H groups in total.